The van der Waals surface area contributed by atoms with E-state index in [-0.39, 0.29) is 17.8 Å². The molecular weight excluding hydrogens is 166 g/mol. The second-order valence-corrected chi connectivity index (χ2v) is 3.06. The SMILES string of the molecule is CC(=O)OCSN1CCC1=O. The van der Waals surface area contributed by atoms with Gasteiger partial charge in [0.15, 0.2) is 5.94 Å². The zero-order valence-electron chi connectivity index (χ0n) is 6.20. The smallest absolute Gasteiger partial charge is 0.303 e. The number of ether oxygens (including phenoxy) is 1. The first-order valence-electron chi connectivity index (χ1n) is 3.27. The van der Waals surface area contributed by atoms with Crippen LogP contribution in [0.15, 0.2) is 0 Å². The number of amides is 1. The van der Waals surface area contributed by atoms with E-state index in [4.69, 9.17) is 0 Å². The van der Waals surface area contributed by atoms with Gasteiger partial charge in [-0.2, -0.15) is 0 Å². The van der Waals surface area contributed by atoms with Gasteiger partial charge in [0.05, 0.1) is 0 Å². The summed E-state index contributed by atoms with van der Waals surface area (Å²) in [4.78, 5) is 20.9. The van der Waals surface area contributed by atoms with Crippen LogP contribution in [0.5, 0.6) is 0 Å². The van der Waals surface area contributed by atoms with E-state index in [1.54, 1.807) is 4.31 Å². The maximum atomic E-state index is 10.7. The van der Waals surface area contributed by atoms with Gasteiger partial charge in [0.2, 0.25) is 5.91 Å². The van der Waals surface area contributed by atoms with Gasteiger partial charge in [-0.3, -0.25) is 13.9 Å². The van der Waals surface area contributed by atoms with E-state index in [1.807, 2.05) is 0 Å². The molecule has 0 N–H and O–H groups in total. The summed E-state index contributed by atoms with van der Waals surface area (Å²) in [6, 6.07) is 0. The van der Waals surface area contributed by atoms with Crippen molar-refractivity contribution in [1.82, 2.24) is 4.31 Å². The first kappa shape index (κ1) is 8.39. The molecule has 1 saturated heterocycles. The largest absolute Gasteiger partial charge is 0.453 e. The molecule has 0 aromatic rings. The van der Waals surface area contributed by atoms with Gasteiger partial charge < -0.3 is 4.74 Å². The van der Waals surface area contributed by atoms with Crippen molar-refractivity contribution in [3.63, 3.8) is 0 Å². The number of rotatable bonds is 3. The first-order chi connectivity index (χ1) is 5.20. The molecule has 0 aromatic heterocycles. The minimum absolute atomic E-state index is 0.113. The topological polar surface area (TPSA) is 46.6 Å². The van der Waals surface area contributed by atoms with E-state index in [0.29, 0.717) is 6.42 Å². The molecule has 62 valence electrons. The highest BCUT2D eigenvalue weighted by atomic mass is 32.2. The number of nitrogens with zero attached hydrogens (tertiary/aromatic N) is 1. The molecule has 11 heavy (non-hydrogen) atoms. The zero-order chi connectivity index (χ0) is 8.27. The molecule has 1 rings (SSSR count). The maximum Gasteiger partial charge on any atom is 0.303 e. The fourth-order valence-corrected chi connectivity index (χ4v) is 1.41. The molecule has 0 spiro atoms. The number of carbonyl (C=O) groups excluding carboxylic acids is 2. The third kappa shape index (κ3) is 2.42. The van der Waals surface area contributed by atoms with Crippen LogP contribution in [0, 0.1) is 0 Å². The molecule has 1 amide bonds. The van der Waals surface area contributed by atoms with E-state index < -0.39 is 0 Å². The molecule has 5 heteroatoms. The Bertz CT molecular complexity index is 183. The molecule has 0 aliphatic carbocycles. The van der Waals surface area contributed by atoms with E-state index in [0.717, 1.165) is 6.54 Å². The van der Waals surface area contributed by atoms with Crippen molar-refractivity contribution in [2.24, 2.45) is 0 Å². The van der Waals surface area contributed by atoms with Gasteiger partial charge >= 0.3 is 5.97 Å². The Morgan fingerprint density at radius 1 is 1.82 bits per heavy atom. The lowest BCUT2D eigenvalue weighted by atomic mass is 10.3. The Morgan fingerprint density at radius 3 is 2.91 bits per heavy atom. The van der Waals surface area contributed by atoms with Gasteiger partial charge in [-0.15, -0.1) is 0 Å². The number of esters is 1. The van der Waals surface area contributed by atoms with Crippen LogP contribution >= 0.6 is 11.9 Å². The van der Waals surface area contributed by atoms with Crippen LogP contribution in [0.3, 0.4) is 0 Å². The fourth-order valence-electron chi connectivity index (χ4n) is 0.604. The molecular formula is C6H9NO3S. The van der Waals surface area contributed by atoms with Crippen molar-refractivity contribution in [3.8, 4) is 0 Å². The third-order valence-electron chi connectivity index (χ3n) is 1.28. The molecule has 0 saturated carbocycles. The summed E-state index contributed by atoms with van der Waals surface area (Å²) in [5, 5.41) is 0. The van der Waals surface area contributed by atoms with Crippen molar-refractivity contribution in [2.75, 3.05) is 12.5 Å². The average Bonchev–Trinajstić information content (AvgIpc) is 1.94. The van der Waals surface area contributed by atoms with Gasteiger partial charge in [-0.05, 0) is 11.9 Å². The molecule has 0 atom stereocenters. The van der Waals surface area contributed by atoms with Crippen LogP contribution in [0.4, 0.5) is 0 Å². The molecule has 1 heterocycles. The van der Waals surface area contributed by atoms with Crippen molar-refractivity contribution in [1.29, 1.82) is 0 Å². The summed E-state index contributed by atoms with van der Waals surface area (Å²) in [6.45, 7) is 2.11. The van der Waals surface area contributed by atoms with Gasteiger partial charge in [-0.25, -0.2) is 0 Å². The summed E-state index contributed by atoms with van der Waals surface area (Å²) >= 11 is 1.24. The number of hydrogen-bond acceptors (Lipinski definition) is 4. The van der Waals surface area contributed by atoms with Crippen LogP contribution < -0.4 is 0 Å². The maximum absolute atomic E-state index is 10.7. The second kappa shape index (κ2) is 3.61. The van der Waals surface area contributed by atoms with E-state index in [9.17, 15) is 9.59 Å². The van der Waals surface area contributed by atoms with Crippen LogP contribution in [-0.2, 0) is 14.3 Å². The minimum Gasteiger partial charge on any atom is -0.453 e. The van der Waals surface area contributed by atoms with Crippen molar-refractivity contribution < 1.29 is 14.3 Å². The molecule has 1 aliphatic rings. The molecule has 0 unspecified atom stereocenters. The van der Waals surface area contributed by atoms with E-state index in [1.165, 1.54) is 18.9 Å². The summed E-state index contributed by atoms with van der Waals surface area (Å²) in [5.74, 6) is 0.0359. The highest BCUT2D eigenvalue weighted by Crippen LogP contribution is 2.19. The molecule has 1 aliphatic heterocycles. The Kier molecular flexibility index (Phi) is 2.76. The summed E-state index contributed by atoms with van der Waals surface area (Å²) in [5.41, 5.74) is 0. The third-order valence-corrected chi connectivity index (χ3v) is 2.20. The quantitative estimate of drug-likeness (QED) is 0.269. The normalized spacial score (nSPS) is 16.1. The van der Waals surface area contributed by atoms with Crippen LogP contribution in [-0.4, -0.2) is 28.7 Å². The fraction of sp³-hybridized carbons (Fsp3) is 0.667. The molecule has 1 fully saturated rings. The van der Waals surface area contributed by atoms with Crippen molar-refractivity contribution in [3.05, 3.63) is 0 Å². The first-order valence-corrected chi connectivity index (χ1v) is 4.21. The summed E-state index contributed by atoms with van der Waals surface area (Å²) in [6.07, 6.45) is 0.618. The lowest BCUT2D eigenvalue weighted by molar-refractivity contribution is -0.139. The Morgan fingerprint density at radius 2 is 2.55 bits per heavy atom. The van der Waals surface area contributed by atoms with Gasteiger partial charge in [0.25, 0.3) is 0 Å². The lowest BCUT2D eigenvalue weighted by Crippen LogP contribution is -2.38. The zero-order valence-corrected chi connectivity index (χ0v) is 7.02. The molecule has 0 radical (unpaired) electrons. The average molecular weight is 175 g/mol. The second-order valence-electron chi connectivity index (χ2n) is 2.13. The standard InChI is InChI=1S/C6H9NO3S/c1-5(8)10-4-11-7-3-2-6(7)9/h2-4H2,1H3. The van der Waals surface area contributed by atoms with Crippen LogP contribution in [0.25, 0.3) is 0 Å². The molecule has 4 nitrogen and oxygen atoms in total. The van der Waals surface area contributed by atoms with Crippen molar-refractivity contribution in [2.45, 2.75) is 13.3 Å². The van der Waals surface area contributed by atoms with E-state index >= 15 is 0 Å². The Balaban J connectivity index is 2.03. The number of hydrogen-bond donors (Lipinski definition) is 0. The highest BCUT2D eigenvalue weighted by molar-refractivity contribution is 7.97. The molecule has 0 bridgehead atoms. The van der Waals surface area contributed by atoms with Crippen LogP contribution in [0.2, 0.25) is 0 Å². The van der Waals surface area contributed by atoms with Gasteiger partial charge in [0.1, 0.15) is 0 Å². The summed E-state index contributed by atoms with van der Waals surface area (Å²) < 4.78 is 6.21. The van der Waals surface area contributed by atoms with Crippen molar-refractivity contribution >= 4 is 23.8 Å². The molecule has 0 aromatic carbocycles. The monoisotopic (exact) mass is 175 g/mol. The summed E-state index contributed by atoms with van der Waals surface area (Å²) in [7, 11) is 0. The Labute approximate surface area is 69.0 Å². The van der Waals surface area contributed by atoms with E-state index in [2.05, 4.69) is 4.74 Å². The van der Waals surface area contributed by atoms with Gasteiger partial charge in [0, 0.05) is 19.9 Å². The predicted octanol–water partition coefficient (Wildman–Crippen LogP) is 0.387. The van der Waals surface area contributed by atoms with Gasteiger partial charge in [-0.1, -0.05) is 0 Å². The lowest BCUT2D eigenvalue weighted by Gasteiger charge is -2.28. The predicted molar refractivity (Wildman–Crippen MR) is 40.6 cm³/mol. The number of carbonyl (C=O) groups is 2. The Hall–Kier alpha value is -0.710. The highest BCUT2D eigenvalue weighted by Gasteiger charge is 2.24. The number of β-lactam (4-membered cyclic amide) rings is 1. The minimum atomic E-state index is -0.314. The van der Waals surface area contributed by atoms with Crippen LogP contribution in [0.1, 0.15) is 13.3 Å².